The number of aryl methyl sites for hydroxylation is 2. The van der Waals surface area contributed by atoms with Crippen molar-refractivity contribution in [3.8, 4) is 11.5 Å². The first kappa shape index (κ1) is 18.6. The molecule has 2 aromatic rings. The number of halogens is 2. The molecule has 0 saturated carbocycles. The van der Waals surface area contributed by atoms with Gasteiger partial charge in [-0.1, -0.05) is 27.5 Å². The number of hydrogen-bond acceptors (Lipinski definition) is 3. The normalized spacial score (nSPS) is 10.3. The molecular weight excluding hydrogens is 394 g/mol. The molecule has 0 bridgehead atoms. The molecule has 0 spiro atoms. The predicted octanol–water partition coefficient (Wildman–Crippen LogP) is 4.29. The first-order chi connectivity index (χ1) is 11.5. The predicted molar refractivity (Wildman–Crippen MR) is 99.1 cm³/mol. The minimum atomic E-state index is -0.187. The number of benzene rings is 2. The minimum absolute atomic E-state index is 0.0263. The van der Waals surface area contributed by atoms with Crippen LogP contribution in [0, 0.1) is 13.8 Å². The van der Waals surface area contributed by atoms with E-state index in [2.05, 4.69) is 21.2 Å². The molecular formula is C18H19BrClNO3. The maximum Gasteiger partial charge on any atom is 0.258 e. The lowest BCUT2D eigenvalue weighted by Crippen LogP contribution is -2.32. The van der Waals surface area contributed by atoms with E-state index in [1.54, 1.807) is 24.3 Å². The van der Waals surface area contributed by atoms with Gasteiger partial charge in [-0.15, -0.1) is 0 Å². The van der Waals surface area contributed by atoms with Gasteiger partial charge in [0.25, 0.3) is 5.91 Å². The smallest absolute Gasteiger partial charge is 0.258 e. The van der Waals surface area contributed by atoms with Gasteiger partial charge in [0.15, 0.2) is 6.61 Å². The molecule has 0 aliphatic carbocycles. The molecule has 0 radical (unpaired) electrons. The highest BCUT2D eigenvalue weighted by Gasteiger charge is 2.06. The molecule has 1 N–H and O–H groups in total. The highest BCUT2D eigenvalue weighted by molar-refractivity contribution is 9.10. The Morgan fingerprint density at radius 3 is 2.33 bits per heavy atom. The monoisotopic (exact) mass is 411 g/mol. The Bertz CT molecular complexity index is 681. The number of nitrogens with one attached hydrogen (secondary N) is 1. The lowest BCUT2D eigenvalue weighted by Gasteiger charge is -2.11. The van der Waals surface area contributed by atoms with Crippen molar-refractivity contribution in [3.05, 3.63) is 57.0 Å². The molecule has 128 valence electrons. The second-order valence-electron chi connectivity index (χ2n) is 5.31. The Hall–Kier alpha value is -1.72. The van der Waals surface area contributed by atoms with Crippen molar-refractivity contribution < 1.29 is 14.3 Å². The van der Waals surface area contributed by atoms with Crippen LogP contribution in [0.15, 0.2) is 40.9 Å². The third-order valence-electron chi connectivity index (χ3n) is 3.29. The quantitative estimate of drug-likeness (QED) is 0.690. The van der Waals surface area contributed by atoms with Crippen molar-refractivity contribution in [2.75, 3.05) is 19.8 Å². The number of carbonyl (C=O) groups excluding carboxylic acids is 1. The van der Waals surface area contributed by atoms with Gasteiger partial charge in [0, 0.05) is 9.50 Å². The zero-order valence-corrected chi connectivity index (χ0v) is 15.9. The summed E-state index contributed by atoms with van der Waals surface area (Å²) < 4.78 is 12.1. The number of rotatable bonds is 7. The molecule has 0 aliphatic rings. The summed E-state index contributed by atoms with van der Waals surface area (Å²) in [6.45, 7) is 4.73. The molecule has 0 atom stereocenters. The molecule has 0 fully saturated rings. The molecule has 4 nitrogen and oxygen atoms in total. The van der Waals surface area contributed by atoms with Crippen molar-refractivity contribution in [3.63, 3.8) is 0 Å². The van der Waals surface area contributed by atoms with E-state index in [0.717, 1.165) is 15.6 Å². The molecule has 0 heterocycles. The number of ether oxygens (including phenoxy) is 2. The summed E-state index contributed by atoms with van der Waals surface area (Å²) in [7, 11) is 0. The van der Waals surface area contributed by atoms with Crippen molar-refractivity contribution >= 4 is 33.4 Å². The zero-order valence-electron chi connectivity index (χ0n) is 13.6. The van der Waals surface area contributed by atoms with E-state index in [-0.39, 0.29) is 12.5 Å². The SMILES string of the molecule is Cc1cc(OCC(=O)NCCOc2ccc(Cl)cc2)cc(C)c1Br. The number of carbonyl (C=O) groups is 1. The standard InChI is InChI=1S/C18H19BrClNO3/c1-12-9-16(10-13(2)18(12)19)24-11-17(22)21-7-8-23-15-5-3-14(20)4-6-15/h3-6,9-10H,7-8,11H2,1-2H3,(H,21,22). The van der Waals surface area contributed by atoms with Gasteiger partial charge in [-0.3, -0.25) is 4.79 Å². The van der Waals surface area contributed by atoms with Crippen molar-refractivity contribution in [2.45, 2.75) is 13.8 Å². The van der Waals surface area contributed by atoms with Gasteiger partial charge >= 0.3 is 0 Å². The van der Waals surface area contributed by atoms with E-state index in [1.165, 1.54) is 0 Å². The van der Waals surface area contributed by atoms with Gasteiger partial charge in [0.1, 0.15) is 18.1 Å². The fourth-order valence-electron chi connectivity index (χ4n) is 2.08. The van der Waals surface area contributed by atoms with E-state index in [0.29, 0.717) is 29.7 Å². The van der Waals surface area contributed by atoms with Crippen LogP contribution in [0.4, 0.5) is 0 Å². The maximum atomic E-state index is 11.8. The molecule has 0 aromatic heterocycles. The Kier molecular flexibility index (Phi) is 6.94. The van der Waals surface area contributed by atoms with E-state index in [4.69, 9.17) is 21.1 Å². The van der Waals surface area contributed by atoms with Gasteiger partial charge in [0.2, 0.25) is 0 Å². The fourth-order valence-corrected chi connectivity index (χ4v) is 2.43. The number of amides is 1. The van der Waals surface area contributed by atoms with Gasteiger partial charge in [-0.25, -0.2) is 0 Å². The summed E-state index contributed by atoms with van der Waals surface area (Å²) in [6.07, 6.45) is 0. The zero-order chi connectivity index (χ0) is 17.5. The van der Waals surface area contributed by atoms with Crippen LogP contribution in [0.25, 0.3) is 0 Å². The van der Waals surface area contributed by atoms with E-state index < -0.39 is 0 Å². The first-order valence-electron chi connectivity index (χ1n) is 7.50. The van der Waals surface area contributed by atoms with Crippen LogP contribution in [-0.2, 0) is 4.79 Å². The van der Waals surface area contributed by atoms with Gasteiger partial charge in [-0.05, 0) is 61.4 Å². The lowest BCUT2D eigenvalue weighted by molar-refractivity contribution is -0.123. The van der Waals surface area contributed by atoms with Crippen molar-refractivity contribution in [1.82, 2.24) is 5.32 Å². The lowest BCUT2D eigenvalue weighted by atomic mass is 10.1. The molecule has 0 aliphatic heterocycles. The van der Waals surface area contributed by atoms with Crippen LogP contribution in [0.2, 0.25) is 5.02 Å². The highest BCUT2D eigenvalue weighted by atomic mass is 79.9. The summed E-state index contributed by atoms with van der Waals surface area (Å²) in [5.74, 6) is 1.21. The summed E-state index contributed by atoms with van der Waals surface area (Å²) in [5, 5.41) is 3.41. The first-order valence-corrected chi connectivity index (χ1v) is 8.67. The largest absolute Gasteiger partial charge is 0.492 e. The summed E-state index contributed by atoms with van der Waals surface area (Å²) in [4.78, 5) is 11.8. The highest BCUT2D eigenvalue weighted by Crippen LogP contribution is 2.26. The Morgan fingerprint density at radius 1 is 1.08 bits per heavy atom. The van der Waals surface area contributed by atoms with Crippen LogP contribution >= 0.6 is 27.5 Å². The third-order valence-corrected chi connectivity index (χ3v) is 4.79. The Balaban J connectivity index is 1.69. The summed E-state index contributed by atoms with van der Waals surface area (Å²) in [5.41, 5.74) is 2.14. The molecule has 2 aromatic carbocycles. The average Bonchev–Trinajstić information content (AvgIpc) is 2.56. The average molecular weight is 413 g/mol. The third kappa shape index (κ3) is 5.73. The van der Waals surface area contributed by atoms with Gasteiger partial charge in [0.05, 0.1) is 6.54 Å². The van der Waals surface area contributed by atoms with E-state index in [1.807, 2.05) is 26.0 Å². The minimum Gasteiger partial charge on any atom is -0.492 e. The van der Waals surface area contributed by atoms with Gasteiger partial charge < -0.3 is 14.8 Å². The number of hydrogen-bond donors (Lipinski definition) is 1. The van der Waals surface area contributed by atoms with Crippen LogP contribution in [0.1, 0.15) is 11.1 Å². The Morgan fingerprint density at radius 2 is 1.71 bits per heavy atom. The fraction of sp³-hybridized carbons (Fsp3) is 0.278. The molecule has 0 saturated heterocycles. The second kappa shape index (κ2) is 8.94. The van der Waals surface area contributed by atoms with Gasteiger partial charge in [-0.2, -0.15) is 0 Å². The Labute approximate surface area is 155 Å². The summed E-state index contributed by atoms with van der Waals surface area (Å²) >= 11 is 9.30. The van der Waals surface area contributed by atoms with Crippen LogP contribution in [0.5, 0.6) is 11.5 Å². The van der Waals surface area contributed by atoms with Crippen LogP contribution < -0.4 is 14.8 Å². The summed E-state index contributed by atoms with van der Waals surface area (Å²) in [6, 6.07) is 10.9. The molecule has 0 unspecified atom stereocenters. The van der Waals surface area contributed by atoms with Crippen LogP contribution in [0.3, 0.4) is 0 Å². The van der Waals surface area contributed by atoms with Crippen molar-refractivity contribution in [2.24, 2.45) is 0 Å². The topological polar surface area (TPSA) is 47.6 Å². The maximum absolute atomic E-state index is 11.8. The van der Waals surface area contributed by atoms with Crippen LogP contribution in [-0.4, -0.2) is 25.7 Å². The van der Waals surface area contributed by atoms with E-state index >= 15 is 0 Å². The molecule has 24 heavy (non-hydrogen) atoms. The van der Waals surface area contributed by atoms with E-state index in [9.17, 15) is 4.79 Å². The molecule has 2 rings (SSSR count). The molecule has 1 amide bonds. The molecule has 6 heteroatoms. The van der Waals surface area contributed by atoms with Crippen molar-refractivity contribution in [1.29, 1.82) is 0 Å². The second-order valence-corrected chi connectivity index (χ2v) is 6.54.